The van der Waals surface area contributed by atoms with Gasteiger partial charge in [0, 0.05) is 17.5 Å². The number of aliphatic hydroxyl groups is 1. The number of aromatic nitrogens is 2. The van der Waals surface area contributed by atoms with Crippen molar-refractivity contribution in [2.75, 3.05) is 0 Å². The molecule has 96 valence electrons. The summed E-state index contributed by atoms with van der Waals surface area (Å²) in [6, 6.07) is 6.74. The van der Waals surface area contributed by atoms with Gasteiger partial charge in [-0.2, -0.15) is 5.10 Å². The second kappa shape index (κ2) is 5.12. The van der Waals surface area contributed by atoms with Crippen LogP contribution in [0.15, 0.2) is 34.2 Å². The zero-order valence-corrected chi connectivity index (χ0v) is 11.3. The molecule has 1 aromatic heterocycles. The van der Waals surface area contributed by atoms with Gasteiger partial charge >= 0.3 is 0 Å². The Morgan fingerprint density at radius 3 is 2.72 bits per heavy atom. The highest BCUT2D eigenvalue weighted by Gasteiger charge is 2.15. The van der Waals surface area contributed by atoms with E-state index < -0.39 is 6.10 Å². The summed E-state index contributed by atoms with van der Waals surface area (Å²) in [7, 11) is 1.84. The van der Waals surface area contributed by atoms with Crippen LogP contribution in [0.4, 0.5) is 4.39 Å². The molecule has 0 aliphatic carbocycles. The monoisotopic (exact) mass is 266 g/mol. The highest BCUT2D eigenvalue weighted by Crippen LogP contribution is 2.34. The molecule has 0 fully saturated rings. The van der Waals surface area contributed by atoms with Crippen LogP contribution in [0.25, 0.3) is 0 Å². The average Bonchev–Trinajstić information content (AvgIpc) is 2.57. The molecule has 0 amide bonds. The maximum Gasteiger partial charge on any atom is 0.130 e. The SMILES string of the molecule is Cc1cc(Sc2cccc(F)c2[C@H](C)O)n(C)n1. The minimum atomic E-state index is -0.831. The smallest absolute Gasteiger partial charge is 0.130 e. The van der Waals surface area contributed by atoms with Crippen molar-refractivity contribution in [1.82, 2.24) is 9.78 Å². The number of nitrogens with zero attached hydrogens (tertiary/aromatic N) is 2. The van der Waals surface area contributed by atoms with Crippen molar-refractivity contribution in [3.05, 3.63) is 41.3 Å². The lowest BCUT2D eigenvalue weighted by molar-refractivity contribution is 0.191. The van der Waals surface area contributed by atoms with Crippen LogP contribution in [-0.2, 0) is 7.05 Å². The minimum Gasteiger partial charge on any atom is -0.389 e. The van der Waals surface area contributed by atoms with Gasteiger partial charge in [-0.25, -0.2) is 4.39 Å². The summed E-state index contributed by atoms with van der Waals surface area (Å²) in [5.41, 5.74) is 1.25. The number of benzene rings is 1. The van der Waals surface area contributed by atoms with Gasteiger partial charge < -0.3 is 5.11 Å². The van der Waals surface area contributed by atoms with Crippen LogP contribution in [0.3, 0.4) is 0 Å². The highest BCUT2D eigenvalue weighted by molar-refractivity contribution is 7.99. The molecule has 3 nitrogen and oxygen atoms in total. The van der Waals surface area contributed by atoms with E-state index in [1.165, 1.54) is 17.8 Å². The molecule has 0 radical (unpaired) electrons. The Kier molecular flexibility index (Phi) is 3.73. The molecular weight excluding hydrogens is 251 g/mol. The third kappa shape index (κ3) is 2.57. The largest absolute Gasteiger partial charge is 0.389 e. The predicted molar refractivity (Wildman–Crippen MR) is 69.1 cm³/mol. The number of hydrogen-bond acceptors (Lipinski definition) is 3. The Morgan fingerprint density at radius 2 is 2.17 bits per heavy atom. The molecular formula is C13H15FN2OS. The van der Waals surface area contributed by atoms with Crippen LogP contribution < -0.4 is 0 Å². The molecule has 2 rings (SSSR count). The molecule has 0 saturated carbocycles. The lowest BCUT2D eigenvalue weighted by atomic mass is 10.1. The Hall–Kier alpha value is -1.33. The van der Waals surface area contributed by atoms with Gasteiger partial charge in [-0.3, -0.25) is 4.68 Å². The van der Waals surface area contributed by atoms with E-state index >= 15 is 0 Å². The summed E-state index contributed by atoms with van der Waals surface area (Å²) in [5.74, 6) is -0.381. The predicted octanol–water partition coefficient (Wildman–Crippen LogP) is 3.07. The van der Waals surface area contributed by atoms with Crippen LogP contribution in [-0.4, -0.2) is 14.9 Å². The van der Waals surface area contributed by atoms with Crippen molar-refractivity contribution in [1.29, 1.82) is 0 Å². The van der Waals surface area contributed by atoms with E-state index in [0.29, 0.717) is 10.5 Å². The molecule has 5 heteroatoms. The first-order valence-electron chi connectivity index (χ1n) is 5.64. The molecule has 1 N–H and O–H groups in total. The molecule has 2 aromatic rings. The van der Waals surface area contributed by atoms with Crippen LogP contribution in [0.1, 0.15) is 24.3 Å². The summed E-state index contributed by atoms with van der Waals surface area (Å²) in [6.45, 7) is 3.47. The number of hydrogen-bond donors (Lipinski definition) is 1. The van der Waals surface area contributed by atoms with Crippen molar-refractivity contribution in [3.63, 3.8) is 0 Å². The van der Waals surface area contributed by atoms with Gasteiger partial charge in [-0.15, -0.1) is 0 Å². The average molecular weight is 266 g/mol. The Labute approximate surface area is 110 Å². The molecule has 0 aliphatic heterocycles. The van der Waals surface area contributed by atoms with Crippen molar-refractivity contribution in [2.45, 2.75) is 29.9 Å². The van der Waals surface area contributed by atoms with Crippen molar-refractivity contribution in [3.8, 4) is 0 Å². The lowest BCUT2D eigenvalue weighted by Crippen LogP contribution is -1.99. The fraction of sp³-hybridized carbons (Fsp3) is 0.308. The Balaban J connectivity index is 2.40. The summed E-state index contributed by atoms with van der Waals surface area (Å²) >= 11 is 1.40. The highest BCUT2D eigenvalue weighted by atomic mass is 32.2. The minimum absolute atomic E-state index is 0.335. The van der Waals surface area contributed by atoms with E-state index in [-0.39, 0.29) is 5.82 Å². The topological polar surface area (TPSA) is 38.0 Å². The van der Waals surface area contributed by atoms with Gasteiger partial charge in [0.1, 0.15) is 5.82 Å². The van der Waals surface area contributed by atoms with Gasteiger partial charge in [0.2, 0.25) is 0 Å². The first-order valence-corrected chi connectivity index (χ1v) is 6.45. The van der Waals surface area contributed by atoms with Gasteiger partial charge in [0.15, 0.2) is 0 Å². The summed E-state index contributed by atoms with van der Waals surface area (Å²) in [5, 5.41) is 14.8. The normalized spacial score (nSPS) is 12.7. The molecule has 0 spiro atoms. The molecule has 1 heterocycles. The van der Waals surface area contributed by atoms with E-state index in [4.69, 9.17) is 0 Å². The molecule has 0 aliphatic rings. The third-order valence-corrected chi connectivity index (χ3v) is 3.77. The van der Waals surface area contributed by atoms with Gasteiger partial charge in [0.25, 0.3) is 0 Å². The van der Waals surface area contributed by atoms with Crippen molar-refractivity contribution in [2.24, 2.45) is 7.05 Å². The fourth-order valence-electron chi connectivity index (χ4n) is 1.81. The Morgan fingerprint density at radius 1 is 1.44 bits per heavy atom. The standard InChI is InChI=1S/C13H15FN2OS/c1-8-7-12(16(3)15-8)18-11-6-4-5-10(14)13(11)9(2)17/h4-7,9,17H,1-3H3/t9-/m0/s1. The van der Waals surface area contributed by atoms with Crippen LogP contribution in [0, 0.1) is 12.7 Å². The van der Waals surface area contributed by atoms with Crippen molar-refractivity contribution < 1.29 is 9.50 Å². The maximum atomic E-state index is 13.7. The zero-order valence-electron chi connectivity index (χ0n) is 10.5. The number of rotatable bonds is 3. The fourth-order valence-corrected chi connectivity index (χ4v) is 2.96. The second-order valence-electron chi connectivity index (χ2n) is 4.18. The van der Waals surface area contributed by atoms with Crippen LogP contribution >= 0.6 is 11.8 Å². The van der Waals surface area contributed by atoms with E-state index in [0.717, 1.165) is 10.7 Å². The zero-order chi connectivity index (χ0) is 13.3. The first-order chi connectivity index (χ1) is 8.49. The lowest BCUT2D eigenvalue weighted by Gasteiger charge is -2.12. The van der Waals surface area contributed by atoms with E-state index in [1.807, 2.05) is 20.0 Å². The number of aryl methyl sites for hydroxylation is 2. The molecule has 0 unspecified atom stereocenters. The number of aliphatic hydroxyl groups excluding tert-OH is 1. The van der Waals surface area contributed by atoms with Crippen molar-refractivity contribution >= 4 is 11.8 Å². The van der Waals surface area contributed by atoms with E-state index in [2.05, 4.69) is 5.10 Å². The number of halogens is 1. The third-order valence-electron chi connectivity index (χ3n) is 2.60. The van der Waals surface area contributed by atoms with E-state index in [1.54, 1.807) is 23.7 Å². The molecule has 1 aromatic carbocycles. The van der Waals surface area contributed by atoms with Gasteiger partial charge in [0.05, 0.1) is 16.8 Å². The van der Waals surface area contributed by atoms with E-state index in [9.17, 15) is 9.50 Å². The first kappa shape index (κ1) is 13.1. The van der Waals surface area contributed by atoms with Gasteiger partial charge in [-0.05, 0) is 32.0 Å². The summed E-state index contributed by atoms with van der Waals surface area (Å²) < 4.78 is 15.5. The summed E-state index contributed by atoms with van der Waals surface area (Å²) in [4.78, 5) is 0.716. The van der Waals surface area contributed by atoms with Crippen LogP contribution in [0.5, 0.6) is 0 Å². The molecule has 18 heavy (non-hydrogen) atoms. The Bertz CT molecular complexity index is 566. The second-order valence-corrected chi connectivity index (χ2v) is 5.24. The van der Waals surface area contributed by atoms with Gasteiger partial charge in [-0.1, -0.05) is 17.8 Å². The molecule has 1 atom stereocenters. The molecule has 0 saturated heterocycles. The maximum absolute atomic E-state index is 13.7. The van der Waals surface area contributed by atoms with Crippen LogP contribution in [0.2, 0.25) is 0 Å². The molecule has 0 bridgehead atoms. The quantitative estimate of drug-likeness (QED) is 0.927. The summed E-state index contributed by atoms with van der Waals surface area (Å²) in [6.07, 6.45) is -0.831.